The van der Waals surface area contributed by atoms with E-state index < -0.39 is 0 Å². The molecule has 3 aromatic rings. The van der Waals surface area contributed by atoms with E-state index >= 15 is 0 Å². The zero-order valence-corrected chi connectivity index (χ0v) is 19.7. The number of nitrogens with one attached hydrogen (secondary N) is 1. The minimum atomic E-state index is -0.361. The van der Waals surface area contributed by atoms with Crippen LogP contribution < -0.4 is 14.8 Å². The van der Waals surface area contributed by atoms with Gasteiger partial charge in [-0.2, -0.15) is 0 Å². The van der Waals surface area contributed by atoms with Crippen LogP contribution in [0.25, 0.3) is 0 Å². The first-order valence-electron chi connectivity index (χ1n) is 11.3. The molecular weight excluding hydrogens is 439 g/mol. The standard InChI is InChI=1S/C27H30ClFN2O2/c1-32-27-15-21(7-10-26(27)33-19-22-8-9-23(29)16-25(22)28)17-30-24-11-13-31(14-12-24)18-20-5-3-2-4-6-20/h2-10,15-16,24,30H,11-14,17-19H2,1H3. The van der Waals surface area contributed by atoms with Gasteiger partial charge in [-0.3, -0.25) is 4.90 Å². The van der Waals surface area contributed by atoms with E-state index in [0.717, 1.165) is 50.1 Å². The van der Waals surface area contributed by atoms with E-state index in [4.69, 9.17) is 21.1 Å². The highest BCUT2D eigenvalue weighted by Gasteiger charge is 2.19. The molecule has 4 nitrogen and oxygen atoms in total. The maximum atomic E-state index is 13.2. The number of methoxy groups -OCH3 is 1. The third kappa shape index (κ3) is 6.70. The van der Waals surface area contributed by atoms with Gasteiger partial charge in [-0.1, -0.05) is 54.1 Å². The van der Waals surface area contributed by atoms with Crippen molar-refractivity contribution in [1.82, 2.24) is 10.2 Å². The Hall–Kier alpha value is -2.60. The fourth-order valence-corrected chi connectivity index (χ4v) is 4.36. The van der Waals surface area contributed by atoms with E-state index in [9.17, 15) is 4.39 Å². The molecule has 1 fully saturated rings. The molecular formula is C27H30ClFN2O2. The number of benzene rings is 3. The molecule has 0 saturated carbocycles. The Balaban J connectivity index is 1.26. The van der Waals surface area contributed by atoms with E-state index in [1.165, 1.54) is 17.7 Å². The molecule has 0 amide bonds. The van der Waals surface area contributed by atoms with Crippen molar-refractivity contribution in [3.8, 4) is 11.5 Å². The average molecular weight is 469 g/mol. The van der Waals surface area contributed by atoms with Crippen LogP contribution in [0.4, 0.5) is 4.39 Å². The van der Waals surface area contributed by atoms with E-state index in [1.54, 1.807) is 13.2 Å². The molecule has 6 heteroatoms. The van der Waals surface area contributed by atoms with Gasteiger partial charge in [0.15, 0.2) is 11.5 Å². The number of hydrogen-bond acceptors (Lipinski definition) is 4. The molecule has 33 heavy (non-hydrogen) atoms. The summed E-state index contributed by atoms with van der Waals surface area (Å²) in [5.41, 5.74) is 3.25. The molecule has 1 heterocycles. The van der Waals surface area contributed by atoms with Gasteiger partial charge in [0.2, 0.25) is 0 Å². The van der Waals surface area contributed by atoms with Gasteiger partial charge in [-0.25, -0.2) is 4.39 Å². The van der Waals surface area contributed by atoms with Crippen molar-refractivity contribution in [1.29, 1.82) is 0 Å². The highest BCUT2D eigenvalue weighted by molar-refractivity contribution is 6.31. The summed E-state index contributed by atoms with van der Waals surface area (Å²) in [4.78, 5) is 2.52. The lowest BCUT2D eigenvalue weighted by atomic mass is 10.0. The number of nitrogens with zero attached hydrogens (tertiary/aromatic N) is 1. The zero-order valence-electron chi connectivity index (χ0n) is 18.9. The molecule has 0 unspecified atom stereocenters. The Bertz CT molecular complexity index is 1040. The maximum Gasteiger partial charge on any atom is 0.161 e. The highest BCUT2D eigenvalue weighted by atomic mass is 35.5. The molecule has 1 aliphatic rings. The summed E-state index contributed by atoms with van der Waals surface area (Å²) >= 11 is 6.10. The Morgan fingerprint density at radius 1 is 0.970 bits per heavy atom. The third-order valence-electron chi connectivity index (χ3n) is 6.06. The number of hydrogen-bond donors (Lipinski definition) is 1. The van der Waals surface area contributed by atoms with Gasteiger partial charge in [-0.15, -0.1) is 0 Å². The van der Waals surface area contributed by atoms with Gasteiger partial charge in [-0.05, 0) is 61.3 Å². The largest absolute Gasteiger partial charge is 0.493 e. The van der Waals surface area contributed by atoms with Crippen molar-refractivity contribution in [2.45, 2.75) is 38.6 Å². The Morgan fingerprint density at radius 3 is 2.48 bits per heavy atom. The average Bonchev–Trinajstić information content (AvgIpc) is 2.84. The molecule has 0 aliphatic carbocycles. The van der Waals surface area contributed by atoms with E-state index in [-0.39, 0.29) is 12.4 Å². The van der Waals surface area contributed by atoms with Crippen LogP contribution in [0.15, 0.2) is 66.7 Å². The second-order valence-electron chi connectivity index (χ2n) is 8.43. The van der Waals surface area contributed by atoms with Crippen molar-refractivity contribution < 1.29 is 13.9 Å². The van der Waals surface area contributed by atoms with E-state index in [0.29, 0.717) is 22.6 Å². The van der Waals surface area contributed by atoms with Gasteiger partial charge in [0, 0.05) is 24.7 Å². The van der Waals surface area contributed by atoms with Gasteiger partial charge in [0.1, 0.15) is 12.4 Å². The Labute approximate surface area is 200 Å². The van der Waals surface area contributed by atoms with Crippen LogP contribution in [0.1, 0.15) is 29.5 Å². The number of piperidine rings is 1. The molecule has 0 bridgehead atoms. The normalized spacial score (nSPS) is 14.9. The quantitative estimate of drug-likeness (QED) is 0.429. The van der Waals surface area contributed by atoms with Crippen molar-refractivity contribution >= 4 is 11.6 Å². The second-order valence-corrected chi connectivity index (χ2v) is 8.83. The number of likely N-dealkylation sites (tertiary alicyclic amines) is 1. The molecule has 0 aromatic heterocycles. The predicted octanol–water partition coefficient (Wildman–Crippen LogP) is 5.82. The number of halogens is 2. The summed E-state index contributed by atoms with van der Waals surface area (Å²) in [7, 11) is 1.63. The van der Waals surface area contributed by atoms with Gasteiger partial charge >= 0.3 is 0 Å². The first kappa shape index (κ1) is 23.6. The van der Waals surface area contributed by atoms with Crippen LogP contribution in [0.5, 0.6) is 11.5 Å². The first-order chi connectivity index (χ1) is 16.1. The van der Waals surface area contributed by atoms with E-state index in [1.807, 2.05) is 18.2 Å². The lowest BCUT2D eigenvalue weighted by Crippen LogP contribution is -2.41. The van der Waals surface area contributed by atoms with Crippen LogP contribution in [-0.2, 0) is 19.7 Å². The summed E-state index contributed by atoms with van der Waals surface area (Å²) in [6, 6.07) is 21.4. The first-order valence-corrected chi connectivity index (χ1v) is 11.7. The predicted molar refractivity (Wildman–Crippen MR) is 130 cm³/mol. The van der Waals surface area contributed by atoms with Crippen molar-refractivity contribution in [3.05, 3.63) is 94.3 Å². The van der Waals surface area contributed by atoms with Gasteiger partial charge < -0.3 is 14.8 Å². The molecule has 0 spiro atoms. The SMILES string of the molecule is COc1cc(CNC2CCN(Cc3ccccc3)CC2)ccc1OCc1ccc(F)cc1Cl. The Kier molecular flexibility index (Phi) is 8.21. The van der Waals surface area contributed by atoms with Crippen LogP contribution in [-0.4, -0.2) is 31.1 Å². The fraction of sp³-hybridized carbons (Fsp3) is 0.333. The summed E-state index contributed by atoms with van der Waals surface area (Å²) < 4.78 is 24.7. The Morgan fingerprint density at radius 2 is 1.76 bits per heavy atom. The van der Waals surface area contributed by atoms with Crippen LogP contribution in [0.3, 0.4) is 0 Å². The van der Waals surface area contributed by atoms with Crippen molar-refractivity contribution in [2.75, 3.05) is 20.2 Å². The smallest absolute Gasteiger partial charge is 0.161 e. The molecule has 0 radical (unpaired) electrons. The molecule has 4 rings (SSSR count). The van der Waals surface area contributed by atoms with Gasteiger partial charge in [0.05, 0.1) is 12.1 Å². The molecule has 3 aromatic carbocycles. The van der Waals surface area contributed by atoms with Crippen LogP contribution in [0, 0.1) is 5.82 Å². The highest BCUT2D eigenvalue weighted by Crippen LogP contribution is 2.30. The van der Waals surface area contributed by atoms with Crippen molar-refractivity contribution in [2.24, 2.45) is 0 Å². The molecule has 1 aliphatic heterocycles. The van der Waals surface area contributed by atoms with Gasteiger partial charge in [0.25, 0.3) is 0 Å². The zero-order chi connectivity index (χ0) is 23.0. The molecule has 0 atom stereocenters. The fourth-order valence-electron chi connectivity index (χ4n) is 4.13. The lowest BCUT2D eigenvalue weighted by Gasteiger charge is -2.32. The summed E-state index contributed by atoms with van der Waals surface area (Å²) in [6.45, 7) is 4.26. The topological polar surface area (TPSA) is 33.7 Å². The minimum absolute atomic E-state index is 0.245. The monoisotopic (exact) mass is 468 g/mol. The van der Waals surface area contributed by atoms with Crippen LogP contribution >= 0.6 is 11.6 Å². The molecule has 1 saturated heterocycles. The van der Waals surface area contributed by atoms with Crippen molar-refractivity contribution in [3.63, 3.8) is 0 Å². The van der Waals surface area contributed by atoms with E-state index in [2.05, 4.69) is 40.5 Å². The van der Waals surface area contributed by atoms with Crippen LogP contribution in [0.2, 0.25) is 5.02 Å². The lowest BCUT2D eigenvalue weighted by molar-refractivity contribution is 0.190. The second kappa shape index (κ2) is 11.5. The molecule has 174 valence electrons. The summed E-state index contributed by atoms with van der Waals surface area (Å²) in [5, 5.41) is 4.04. The third-order valence-corrected chi connectivity index (χ3v) is 6.41. The number of ether oxygens (including phenoxy) is 2. The molecule has 1 N–H and O–H groups in total. The summed E-state index contributed by atoms with van der Waals surface area (Å²) in [5.74, 6) is 0.945. The number of rotatable bonds is 9. The maximum absolute atomic E-state index is 13.2. The summed E-state index contributed by atoms with van der Waals surface area (Å²) in [6.07, 6.45) is 2.28. The minimum Gasteiger partial charge on any atom is -0.493 e.